The van der Waals surface area contributed by atoms with Gasteiger partial charge in [0.15, 0.2) is 0 Å². The molecular formula is C11H12ClN3O2S. The van der Waals surface area contributed by atoms with Gasteiger partial charge < -0.3 is 9.73 Å². The molecule has 0 saturated heterocycles. The molecule has 0 aliphatic carbocycles. The number of rotatable bonds is 5. The van der Waals surface area contributed by atoms with Crippen molar-refractivity contribution in [1.82, 2.24) is 15.3 Å². The Bertz CT molecular complexity index is 538. The molecule has 2 aromatic heterocycles. The number of nitrogens with zero attached hydrogens (tertiary/aromatic N) is 2. The van der Waals surface area contributed by atoms with E-state index in [1.165, 1.54) is 11.3 Å². The quantitative estimate of drug-likeness (QED) is 0.854. The Morgan fingerprint density at radius 2 is 2.44 bits per heavy atom. The number of aromatic nitrogens is 2. The van der Waals surface area contributed by atoms with Crippen LogP contribution in [0.4, 0.5) is 0 Å². The van der Waals surface area contributed by atoms with Gasteiger partial charge in [-0.2, -0.15) is 0 Å². The number of aryl methyl sites for hydroxylation is 1. The fourth-order valence-corrected chi connectivity index (χ4v) is 2.37. The Morgan fingerprint density at radius 3 is 3.06 bits per heavy atom. The molecule has 0 aliphatic heterocycles. The molecule has 96 valence electrons. The molecule has 0 fully saturated rings. The number of nitrogens with one attached hydrogen (secondary N) is 1. The van der Waals surface area contributed by atoms with E-state index in [1.54, 1.807) is 6.20 Å². The average Bonchev–Trinajstić information content (AvgIpc) is 2.95. The van der Waals surface area contributed by atoms with Gasteiger partial charge in [0.25, 0.3) is 0 Å². The molecular weight excluding hydrogens is 274 g/mol. The van der Waals surface area contributed by atoms with Gasteiger partial charge in [-0.15, -0.1) is 22.9 Å². The van der Waals surface area contributed by atoms with Crippen molar-refractivity contribution in [2.24, 2.45) is 0 Å². The molecule has 2 heterocycles. The lowest BCUT2D eigenvalue weighted by atomic mass is 10.4. The molecule has 0 spiro atoms. The highest BCUT2D eigenvalue weighted by Gasteiger charge is 2.09. The Hall–Kier alpha value is -1.40. The standard InChI is InChI=1S/C11H12ClN3O2S/c1-7-4-14-10(17-7)5-13-9(16)2-11-15-8(3-12)6-18-11/h4,6H,2-3,5H2,1H3,(H,13,16). The molecule has 5 nitrogen and oxygen atoms in total. The zero-order valence-electron chi connectivity index (χ0n) is 9.77. The largest absolute Gasteiger partial charge is 0.444 e. The van der Waals surface area contributed by atoms with E-state index in [9.17, 15) is 4.79 Å². The third-order valence-corrected chi connectivity index (χ3v) is 3.33. The Labute approximate surface area is 113 Å². The molecule has 1 N–H and O–H groups in total. The molecule has 0 radical (unpaired) electrons. The van der Waals surface area contributed by atoms with Crippen LogP contribution in [0.15, 0.2) is 16.0 Å². The molecule has 0 atom stereocenters. The van der Waals surface area contributed by atoms with Crippen molar-refractivity contribution in [3.63, 3.8) is 0 Å². The summed E-state index contributed by atoms with van der Waals surface area (Å²) >= 11 is 7.08. The van der Waals surface area contributed by atoms with Gasteiger partial charge in [0.05, 0.1) is 30.7 Å². The summed E-state index contributed by atoms with van der Waals surface area (Å²) in [5.74, 6) is 1.49. The monoisotopic (exact) mass is 285 g/mol. The lowest BCUT2D eigenvalue weighted by molar-refractivity contribution is -0.120. The minimum absolute atomic E-state index is 0.110. The zero-order chi connectivity index (χ0) is 13.0. The lowest BCUT2D eigenvalue weighted by Crippen LogP contribution is -2.24. The first kappa shape index (κ1) is 13.0. The van der Waals surface area contributed by atoms with Crippen LogP contribution in [0.3, 0.4) is 0 Å². The lowest BCUT2D eigenvalue weighted by Gasteiger charge is -2.00. The summed E-state index contributed by atoms with van der Waals surface area (Å²) in [6, 6.07) is 0. The molecule has 1 amide bonds. The van der Waals surface area contributed by atoms with Crippen LogP contribution in [0.25, 0.3) is 0 Å². The molecule has 18 heavy (non-hydrogen) atoms. The highest BCUT2D eigenvalue weighted by Crippen LogP contribution is 2.12. The summed E-state index contributed by atoms with van der Waals surface area (Å²) in [6.07, 6.45) is 1.87. The Balaban J connectivity index is 1.81. The van der Waals surface area contributed by atoms with Crippen molar-refractivity contribution in [1.29, 1.82) is 0 Å². The fourth-order valence-electron chi connectivity index (χ4n) is 1.35. The number of amides is 1. The molecule has 0 bridgehead atoms. The van der Waals surface area contributed by atoms with Crippen LogP contribution in [0.5, 0.6) is 0 Å². The van der Waals surface area contributed by atoms with Crippen LogP contribution in [-0.4, -0.2) is 15.9 Å². The first-order valence-corrected chi connectivity index (χ1v) is 6.76. The highest BCUT2D eigenvalue weighted by molar-refractivity contribution is 7.09. The van der Waals surface area contributed by atoms with Crippen LogP contribution in [-0.2, 0) is 23.6 Å². The SMILES string of the molecule is Cc1cnc(CNC(=O)Cc2nc(CCl)cs2)o1. The first-order chi connectivity index (χ1) is 8.67. The number of thiazole rings is 1. The van der Waals surface area contributed by atoms with Crippen LogP contribution < -0.4 is 5.32 Å². The molecule has 0 aliphatic rings. The van der Waals surface area contributed by atoms with Crippen molar-refractivity contribution in [3.05, 3.63) is 33.9 Å². The fraction of sp³-hybridized carbons (Fsp3) is 0.364. The van der Waals surface area contributed by atoms with Crippen molar-refractivity contribution < 1.29 is 9.21 Å². The second kappa shape index (κ2) is 5.97. The summed E-state index contributed by atoms with van der Waals surface area (Å²) in [5, 5.41) is 5.34. The van der Waals surface area contributed by atoms with Gasteiger partial charge in [-0.1, -0.05) is 0 Å². The highest BCUT2D eigenvalue weighted by atomic mass is 35.5. The van der Waals surface area contributed by atoms with Crippen molar-refractivity contribution >= 4 is 28.8 Å². The van der Waals surface area contributed by atoms with Crippen molar-refractivity contribution in [3.8, 4) is 0 Å². The maximum Gasteiger partial charge on any atom is 0.227 e. The van der Waals surface area contributed by atoms with Gasteiger partial charge in [-0.3, -0.25) is 4.79 Å². The Kier molecular flexibility index (Phi) is 4.33. The smallest absolute Gasteiger partial charge is 0.227 e. The summed E-state index contributed by atoms with van der Waals surface area (Å²) in [6.45, 7) is 2.10. The molecule has 7 heteroatoms. The minimum Gasteiger partial charge on any atom is -0.444 e. The summed E-state index contributed by atoms with van der Waals surface area (Å²) in [7, 11) is 0. The third-order valence-electron chi connectivity index (χ3n) is 2.15. The predicted molar refractivity (Wildman–Crippen MR) is 68.5 cm³/mol. The number of hydrogen-bond acceptors (Lipinski definition) is 5. The van der Waals surface area contributed by atoms with Crippen LogP contribution in [0, 0.1) is 6.92 Å². The van der Waals surface area contributed by atoms with E-state index < -0.39 is 0 Å². The van der Waals surface area contributed by atoms with Gasteiger partial charge in [0, 0.05) is 5.38 Å². The number of hydrogen-bond donors (Lipinski definition) is 1. The summed E-state index contributed by atoms with van der Waals surface area (Å²) in [5.41, 5.74) is 0.799. The Morgan fingerprint density at radius 1 is 1.61 bits per heavy atom. The third kappa shape index (κ3) is 3.54. The van der Waals surface area contributed by atoms with Crippen LogP contribution in [0.1, 0.15) is 22.4 Å². The summed E-state index contributed by atoms with van der Waals surface area (Å²) in [4.78, 5) is 19.9. The van der Waals surface area contributed by atoms with E-state index >= 15 is 0 Å². The van der Waals surface area contributed by atoms with Crippen molar-refractivity contribution in [2.45, 2.75) is 25.8 Å². The molecule has 2 aromatic rings. The molecule has 0 aromatic carbocycles. The van der Waals surface area contributed by atoms with E-state index in [1.807, 2.05) is 12.3 Å². The number of halogens is 1. The van der Waals surface area contributed by atoms with Gasteiger partial charge >= 0.3 is 0 Å². The predicted octanol–water partition coefficient (Wildman–Crippen LogP) is 2.04. The van der Waals surface area contributed by atoms with Crippen LogP contribution in [0.2, 0.25) is 0 Å². The van der Waals surface area contributed by atoms with E-state index in [0.717, 1.165) is 16.5 Å². The minimum atomic E-state index is -0.110. The second-order valence-electron chi connectivity index (χ2n) is 3.68. The molecule has 0 saturated carbocycles. The van der Waals surface area contributed by atoms with E-state index in [4.69, 9.17) is 16.0 Å². The number of carbonyl (C=O) groups is 1. The van der Waals surface area contributed by atoms with Gasteiger partial charge in [-0.05, 0) is 6.92 Å². The maximum absolute atomic E-state index is 11.6. The van der Waals surface area contributed by atoms with E-state index in [-0.39, 0.29) is 12.3 Å². The normalized spacial score (nSPS) is 10.6. The summed E-state index contributed by atoms with van der Waals surface area (Å²) < 4.78 is 5.25. The number of oxazole rings is 1. The van der Waals surface area contributed by atoms with Gasteiger partial charge in [0.2, 0.25) is 11.8 Å². The number of alkyl halides is 1. The van der Waals surface area contributed by atoms with Crippen molar-refractivity contribution in [2.75, 3.05) is 0 Å². The van der Waals surface area contributed by atoms with Crippen LogP contribution >= 0.6 is 22.9 Å². The topological polar surface area (TPSA) is 68.0 Å². The molecule has 2 rings (SSSR count). The average molecular weight is 286 g/mol. The van der Waals surface area contributed by atoms with Gasteiger partial charge in [-0.25, -0.2) is 9.97 Å². The van der Waals surface area contributed by atoms with E-state index in [2.05, 4.69) is 15.3 Å². The molecule has 0 unspecified atom stereocenters. The zero-order valence-corrected chi connectivity index (χ0v) is 11.3. The van der Waals surface area contributed by atoms with Gasteiger partial charge in [0.1, 0.15) is 10.8 Å². The number of carbonyl (C=O) groups excluding carboxylic acids is 1. The van der Waals surface area contributed by atoms with E-state index in [0.29, 0.717) is 18.3 Å². The maximum atomic E-state index is 11.6. The first-order valence-electron chi connectivity index (χ1n) is 5.34. The second-order valence-corrected chi connectivity index (χ2v) is 4.89.